The normalized spacial score (nSPS) is 12.8. The van der Waals surface area contributed by atoms with E-state index in [-0.39, 0.29) is 36.9 Å². The molecule has 51 heavy (non-hydrogen) atoms. The topological polar surface area (TPSA) is 127 Å². The van der Waals surface area contributed by atoms with Crippen molar-refractivity contribution in [3.05, 3.63) is 118 Å². The van der Waals surface area contributed by atoms with Gasteiger partial charge in [0.25, 0.3) is 0 Å². The summed E-state index contributed by atoms with van der Waals surface area (Å²) in [4.78, 5) is 43.0. The molecule has 0 atom stereocenters. The van der Waals surface area contributed by atoms with Crippen molar-refractivity contribution < 1.29 is 15.3 Å². The lowest BCUT2D eigenvalue weighted by Gasteiger charge is -2.28. The Labute approximate surface area is 301 Å². The van der Waals surface area contributed by atoms with Crippen LogP contribution in [0.25, 0.3) is 0 Å². The Balaban J connectivity index is 2.05. The lowest BCUT2D eigenvalue weighted by Crippen LogP contribution is -2.54. The number of nitrogens with zero attached hydrogens (tertiary/aromatic N) is 3. The smallest absolute Gasteiger partial charge is 0.336 e. The van der Waals surface area contributed by atoms with Crippen LogP contribution in [0.2, 0.25) is 0 Å². The molecule has 0 spiro atoms. The van der Waals surface area contributed by atoms with Gasteiger partial charge in [0.15, 0.2) is 0 Å². The van der Waals surface area contributed by atoms with Gasteiger partial charge in [0.2, 0.25) is 0 Å². The molecular weight excluding hydrogens is 642 g/mol. The molecule has 0 fully saturated rings. The molecule has 3 aromatic carbocycles. The molecule has 4 aromatic rings. The fourth-order valence-corrected chi connectivity index (χ4v) is 6.63. The van der Waals surface area contributed by atoms with Crippen LogP contribution in [0.3, 0.4) is 0 Å². The van der Waals surface area contributed by atoms with E-state index in [1.54, 1.807) is 26.0 Å². The summed E-state index contributed by atoms with van der Waals surface area (Å²) in [6.45, 7) is 27.1. The highest BCUT2D eigenvalue weighted by atomic mass is 16.3. The van der Waals surface area contributed by atoms with E-state index in [0.29, 0.717) is 50.1 Å². The summed E-state index contributed by atoms with van der Waals surface area (Å²) in [5.74, 6) is 0.508. The molecule has 0 bridgehead atoms. The van der Waals surface area contributed by atoms with Crippen molar-refractivity contribution in [2.75, 3.05) is 0 Å². The average molecular weight is 700 g/mol. The third-order valence-corrected chi connectivity index (χ3v) is 9.53. The summed E-state index contributed by atoms with van der Waals surface area (Å²) in [6, 6.07) is 10.8. The molecular formula is C42H57N3O6. The van der Waals surface area contributed by atoms with Crippen molar-refractivity contribution in [2.24, 2.45) is 0 Å². The highest BCUT2D eigenvalue weighted by Crippen LogP contribution is 2.41. The van der Waals surface area contributed by atoms with Gasteiger partial charge in [-0.1, -0.05) is 95.2 Å². The predicted octanol–water partition coefficient (Wildman–Crippen LogP) is 7.24. The Kier molecular flexibility index (Phi) is 10.2. The second-order valence-electron chi connectivity index (χ2n) is 18.3. The van der Waals surface area contributed by atoms with E-state index >= 15 is 0 Å². The molecule has 0 aliphatic heterocycles. The van der Waals surface area contributed by atoms with Gasteiger partial charge in [-0.05, 0) is 110 Å². The van der Waals surface area contributed by atoms with Gasteiger partial charge in [-0.25, -0.2) is 28.1 Å². The zero-order valence-corrected chi connectivity index (χ0v) is 33.0. The first-order chi connectivity index (χ1) is 23.1. The standard InChI is InChI=1S/C42H57N3O6/c1-24-15-26(16-25(2)33(24)46)21-43-36(49)44(22-27-17-29(39(3,4)5)34(47)30(18-27)40(6,7)8)38(51)45(37(43)50)23-28-19-31(41(9,10)11)35(48)32(20-28)42(12,13)14/h15-20,46-48H,21-23H2,1-14H3. The van der Waals surface area contributed by atoms with Crippen LogP contribution in [-0.2, 0) is 41.3 Å². The zero-order chi connectivity index (χ0) is 38.8. The first kappa shape index (κ1) is 39.3. The summed E-state index contributed by atoms with van der Waals surface area (Å²) in [5, 5.41) is 33.1. The molecule has 3 N–H and O–H groups in total. The molecule has 0 saturated heterocycles. The fraction of sp³-hybridized carbons (Fsp3) is 0.500. The minimum absolute atomic E-state index is 0.119. The van der Waals surface area contributed by atoms with E-state index in [9.17, 15) is 29.7 Å². The molecule has 0 unspecified atom stereocenters. The van der Waals surface area contributed by atoms with E-state index < -0.39 is 38.7 Å². The highest BCUT2D eigenvalue weighted by molar-refractivity contribution is 5.51. The Hall–Kier alpha value is -4.53. The maximum absolute atomic E-state index is 14.4. The maximum atomic E-state index is 14.4. The molecule has 276 valence electrons. The third kappa shape index (κ3) is 8.03. The quantitative estimate of drug-likeness (QED) is 0.195. The maximum Gasteiger partial charge on any atom is 0.336 e. The van der Waals surface area contributed by atoms with Gasteiger partial charge in [-0.3, -0.25) is 0 Å². The van der Waals surface area contributed by atoms with Crippen molar-refractivity contribution in [1.82, 2.24) is 13.7 Å². The zero-order valence-electron chi connectivity index (χ0n) is 33.0. The van der Waals surface area contributed by atoms with Gasteiger partial charge in [0.1, 0.15) is 17.2 Å². The summed E-state index contributed by atoms with van der Waals surface area (Å²) in [5.41, 5.74) is 1.85. The third-order valence-electron chi connectivity index (χ3n) is 9.53. The number of phenols is 3. The van der Waals surface area contributed by atoms with Crippen LogP contribution in [0, 0.1) is 13.8 Å². The Morgan fingerprint density at radius 2 is 0.627 bits per heavy atom. The summed E-state index contributed by atoms with van der Waals surface area (Å²) < 4.78 is 3.24. The number of phenolic OH excluding ortho intramolecular Hbond substituents is 3. The number of rotatable bonds is 6. The number of aromatic hydroxyl groups is 3. The monoisotopic (exact) mass is 699 g/mol. The molecule has 0 radical (unpaired) electrons. The molecule has 1 heterocycles. The second kappa shape index (κ2) is 13.2. The van der Waals surface area contributed by atoms with Gasteiger partial charge >= 0.3 is 17.1 Å². The molecule has 0 aliphatic carbocycles. The number of benzene rings is 3. The average Bonchev–Trinajstić information content (AvgIpc) is 2.97. The van der Waals surface area contributed by atoms with Crippen molar-refractivity contribution in [3.8, 4) is 17.2 Å². The largest absolute Gasteiger partial charge is 0.507 e. The molecule has 9 heteroatoms. The molecule has 0 aliphatic rings. The summed E-state index contributed by atoms with van der Waals surface area (Å²) in [7, 11) is 0. The van der Waals surface area contributed by atoms with Crippen LogP contribution in [-0.4, -0.2) is 29.0 Å². The Bertz CT molecular complexity index is 1960. The van der Waals surface area contributed by atoms with Gasteiger partial charge in [-0.2, -0.15) is 0 Å². The first-order valence-corrected chi connectivity index (χ1v) is 17.6. The molecule has 1 aromatic heterocycles. The summed E-state index contributed by atoms with van der Waals surface area (Å²) >= 11 is 0. The van der Waals surface area contributed by atoms with Gasteiger partial charge < -0.3 is 15.3 Å². The predicted molar refractivity (Wildman–Crippen MR) is 205 cm³/mol. The molecule has 0 saturated carbocycles. The Morgan fingerprint density at radius 1 is 0.412 bits per heavy atom. The van der Waals surface area contributed by atoms with E-state index in [2.05, 4.69) is 0 Å². The number of hydrogen-bond acceptors (Lipinski definition) is 6. The molecule has 9 nitrogen and oxygen atoms in total. The van der Waals surface area contributed by atoms with Crippen molar-refractivity contribution in [3.63, 3.8) is 0 Å². The van der Waals surface area contributed by atoms with Crippen LogP contribution in [0.5, 0.6) is 17.2 Å². The SMILES string of the molecule is Cc1cc(Cn2c(=O)n(Cc3cc(C(C)(C)C)c(O)c(C(C)(C)C)c3)c(=O)n(Cc3cc(C(C)(C)C)c(O)c(C(C)(C)C)c3)c2=O)cc(C)c1O. The summed E-state index contributed by atoms with van der Waals surface area (Å²) in [6.07, 6.45) is 0. The van der Waals surface area contributed by atoms with Crippen LogP contribution in [0.15, 0.2) is 50.8 Å². The lowest BCUT2D eigenvalue weighted by molar-refractivity contribution is 0.421. The van der Waals surface area contributed by atoms with Gasteiger partial charge in [0, 0.05) is 0 Å². The van der Waals surface area contributed by atoms with Gasteiger partial charge in [-0.15, -0.1) is 0 Å². The van der Waals surface area contributed by atoms with Gasteiger partial charge in [0.05, 0.1) is 19.6 Å². The van der Waals surface area contributed by atoms with E-state index in [4.69, 9.17) is 0 Å². The number of hydrogen-bond donors (Lipinski definition) is 3. The van der Waals surface area contributed by atoms with Crippen LogP contribution >= 0.6 is 0 Å². The van der Waals surface area contributed by atoms with E-state index in [0.717, 1.165) is 13.7 Å². The van der Waals surface area contributed by atoms with Crippen molar-refractivity contribution in [2.45, 2.75) is 138 Å². The Morgan fingerprint density at radius 3 is 0.843 bits per heavy atom. The fourth-order valence-electron chi connectivity index (χ4n) is 6.63. The second-order valence-corrected chi connectivity index (χ2v) is 18.3. The van der Waals surface area contributed by atoms with Crippen LogP contribution in [0.1, 0.15) is 133 Å². The first-order valence-electron chi connectivity index (χ1n) is 17.6. The molecule has 0 amide bonds. The van der Waals surface area contributed by atoms with Crippen LogP contribution in [0.4, 0.5) is 0 Å². The van der Waals surface area contributed by atoms with Crippen LogP contribution < -0.4 is 17.1 Å². The number of aromatic nitrogens is 3. The number of aryl methyl sites for hydroxylation is 2. The van der Waals surface area contributed by atoms with E-state index in [1.807, 2.05) is 107 Å². The van der Waals surface area contributed by atoms with Crippen molar-refractivity contribution in [1.29, 1.82) is 0 Å². The van der Waals surface area contributed by atoms with E-state index in [1.165, 1.54) is 0 Å². The highest BCUT2D eigenvalue weighted by Gasteiger charge is 2.29. The lowest BCUT2D eigenvalue weighted by atomic mass is 9.78. The minimum atomic E-state index is -0.760. The molecule has 4 rings (SSSR count). The van der Waals surface area contributed by atoms with Crippen molar-refractivity contribution >= 4 is 0 Å². The minimum Gasteiger partial charge on any atom is -0.507 e.